The Kier molecular flexibility index (Phi) is 24.1. The number of carbonyl (C=O) groups is 5. The third-order valence-electron chi connectivity index (χ3n) is 13.4. The second-order valence-corrected chi connectivity index (χ2v) is 23.4. The molecule has 0 aliphatic heterocycles. The van der Waals surface area contributed by atoms with Gasteiger partial charge < -0.3 is 51.5 Å². The minimum atomic E-state index is -0.590. The molecule has 6 rings (SSSR count). The van der Waals surface area contributed by atoms with E-state index in [4.69, 9.17) is 20.2 Å². The molecule has 0 saturated heterocycles. The molecule has 5 atom stereocenters. The van der Waals surface area contributed by atoms with E-state index in [-0.39, 0.29) is 90.5 Å². The van der Waals surface area contributed by atoms with Gasteiger partial charge in [-0.1, -0.05) is 99.9 Å². The van der Waals surface area contributed by atoms with Crippen LogP contribution in [0.2, 0.25) is 0 Å². The second kappa shape index (κ2) is 30.8. The van der Waals surface area contributed by atoms with E-state index in [0.29, 0.717) is 104 Å². The van der Waals surface area contributed by atoms with E-state index in [2.05, 4.69) is 82.7 Å². The van der Waals surface area contributed by atoms with Crippen LogP contribution in [0.1, 0.15) is 149 Å². The summed E-state index contributed by atoms with van der Waals surface area (Å²) in [4.78, 5) is 88.3. The van der Waals surface area contributed by atoms with E-state index < -0.39 is 5.92 Å². The first-order chi connectivity index (χ1) is 37.1. The van der Waals surface area contributed by atoms with Gasteiger partial charge in [0.2, 0.25) is 35.5 Å². The van der Waals surface area contributed by atoms with E-state index in [1.54, 1.807) is 39.1 Å². The Bertz CT molecular complexity index is 2700. The summed E-state index contributed by atoms with van der Waals surface area (Å²) < 4.78 is 12.2. The van der Waals surface area contributed by atoms with Crippen LogP contribution in [0.15, 0.2) is 54.2 Å². The van der Waals surface area contributed by atoms with Crippen molar-refractivity contribution in [1.82, 2.24) is 51.1 Å². The third kappa shape index (κ3) is 18.6. The summed E-state index contributed by atoms with van der Waals surface area (Å²) in [6, 6.07) is 12.3. The second-order valence-electron chi connectivity index (χ2n) is 19.8. The number of anilines is 1. The maximum absolute atomic E-state index is 13.9. The molecule has 2 aromatic carbocycles. The Morgan fingerprint density at radius 1 is 0.922 bits per heavy atom. The lowest BCUT2D eigenvalue weighted by atomic mass is 9.79. The number of carbonyl (C=O) groups excluding carboxylic acids is 5. The van der Waals surface area contributed by atoms with Gasteiger partial charge in [0, 0.05) is 87.4 Å². The summed E-state index contributed by atoms with van der Waals surface area (Å²) in [6.45, 7) is 15.3. The minimum absolute atomic E-state index is 0.0601. The quantitative estimate of drug-likeness (QED) is 0.0158. The van der Waals surface area contributed by atoms with E-state index in [1.807, 2.05) is 35.2 Å². The fourth-order valence-corrected chi connectivity index (χ4v) is 11.7. The smallest absolute Gasteiger partial charge is 0.270 e. The molecule has 8 N–H and O–H groups in total. The Hall–Kier alpha value is -5.97. The molecule has 0 spiro atoms. The highest BCUT2D eigenvalue weighted by atomic mass is 33.1. The topological polar surface area (TPSA) is 269 Å². The molecule has 0 saturated carbocycles. The van der Waals surface area contributed by atoms with Gasteiger partial charge in [0.1, 0.15) is 34.7 Å². The SMILES string of the molecule is CCCO[C@H](CC(C(C)C)N(CCC)C(=O)C[C@@H](C)CC)c1nc(C(=O)N[C@H]2Cc3ccc(O)cc3[C@H](C(=O)NCCSSCCNC(=O)CCCC(=O)NCc3ccc(COc4nc(N)nc5nc[nH]c45)cc3)C2)cs1. The van der Waals surface area contributed by atoms with Crippen LogP contribution in [0.4, 0.5) is 5.95 Å². The van der Waals surface area contributed by atoms with Crippen LogP contribution in [-0.2, 0) is 43.5 Å². The number of hydrogen-bond donors (Lipinski definition) is 7. The van der Waals surface area contributed by atoms with Gasteiger partial charge in [-0.2, -0.15) is 9.97 Å². The number of fused-ring (bicyclic) bond motifs is 2. The number of rotatable bonds is 32. The van der Waals surface area contributed by atoms with Crippen LogP contribution in [0.3, 0.4) is 0 Å². The highest BCUT2D eigenvalue weighted by Crippen LogP contribution is 2.36. The Balaban J connectivity index is 0.877. The Morgan fingerprint density at radius 3 is 2.36 bits per heavy atom. The summed E-state index contributed by atoms with van der Waals surface area (Å²) in [5, 5.41) is 24.9. The summed E-state index contributed by atoms with van der Waals surface area (Å²) in [6.07, 6.45) is 6.53. The number of nitrogens with two attached hydrogens (primary N) is 1. The number of nitrogens with zero attached hydrogens (tertiary/aromatic N) is 5. The number of aromatic hydroxyl groups is 1. The zero-order chi connectivity index (χ0) is 55.3. The number of imidazole rings is 1. The number of phenolic OH excluding ortho intramolecular Hbond substituents is 1. The van der Waals surface area contributed by atoms with E-state index in [9.17, 15) is 29.1 Å². The first-order valence-corrected chi connectivity index (χ1v) is 30.2. The van der Waals surface area contributed by atoms with Crippen molar-refractivity contribution in [1.29, 1.82) is 0 Å². The van der Waals surface area contributed by atoms with Gasteiger partial charge in [0.25, 0.3) is 5.91 Å². The first-order valence-electron chi connectivity index (χ1n) is 26.9. The number of amides is 5. The molecule has 418 valence electrons. The largest absolute Gasteiger partial charge is 0.508 e. The number of hydrogen-bond acceptors (Lipinski definition) is 16. The lowest BCUT2D eigenvalue weighted by Crippen LogP contribution is -2.45. The molecule has 1 aliphatic rings. The number of nitrogen functional groups attached to an aromatic ring is 1. The van der Waals surface area contributed by atoms with Gasteiger partial charge in [-0.3, -0.25) is 24.0 Å². The number of phenols is 1. The molecule has 5 aromatic rings. The maximum Gasteiger partial charge on any atom is 0.270 e. The van der Waals surface area contributed by atoms with Crippen molar-refractivity contribution in [3.8, 4) is 11.6 Å². The van der Waals surface area contributed by atoms with Crippen LogP contribution in [0.5, 0.6) is 11.6 Å². The molecule has 77 heavy (non-hydrogen) atoms. The number of aromatic amines is 1. The van der Waals surface area contributed by atoms with E-state index in [1.165, 1.54) is 17.7 Å². The van der Waals surface area contributed by atoms with E-state index >= 15 is 0 Å². The van der Waals surface area contributed by atoms with Crippen LogP contribution < -0.4 is 31.7 Å². The van der Waals surface area contributed by atoms with Gasteiger partial charge in [0.15, 0.2) is 5.65 Å². The number of benzene rings is 2. The molecule has 0 radical (unpaired) electrons. The van der Waals surface area contributed by atoms with Crippen LogP contribution in [0, 0.1) is 11.8 Å². The standard InChI is InChI=1S/C55H77N11O8S3/c1-7-21-66(48(70)25-35(6)9-3)44(34(4)5)29-45(73-22-8-2)54-63-43(32-75-54)52(72)62-39-26-38-17-18-40(67)28-41(38)42(27-39)51(71)58-20-24-77-76-23-19-57-46(68)11-10-12-47(69)59-30-36-13-15-37(16-14-36)31-74-53-49-50(61-33-60-49)64-55(56)65-53/h13-18,28,32-35,39,42,44-45,67H,7-12,19-27,29-31H2,1-6H3,(H,57,68)(H,58,71)(H,59,69)(H,62,72)(H3,56,60,61,64,65)/t35-,39-,42+,44?,45+/m0/s1. The van der Waals surface area contributed by atoms with Crippen molar-refractivity contribution in [2.75, 3.05) is 43.5 Å². The molecule has 1 unspecified atom stereocenters. The Labute approximate surface area is 464 Å². The minimum Gasteiger partial charge on any atom is -0.508 e. The van der Waals surface area contributed by atoms with Crippen LogP contribution in [-0.4, -0.2) is 114 Å². The molecule has 19 nitrogen and oxygen atoms in total. The molecule has 3 heterocycles. The van der Waals surface area contributed by atoms with Crippen LogP contribution in [0.25, 0.3) is 11.2 Å². The van der Waals surface area contributed by atoms with Crippen molar-refractivity contribution in [2.24, 2.45) is 11.8 Å². The van der Waals surface area contributed by atoms with Crippen LogP contribution >= 0.6 is 32.9 Å². The number of aromatic nitrogens is 5. The summed E-state index contributed by atoms with van der Waals surface area (Å²) >= 11 is 1.39. The van der Waals surface area contributed by atoms with Crippen molar-refractivity contribution >= 4 is 79.6 Å². The monoisotopic (exact) mass is 1120 g/mol. The zero-order valence-electron chi connectivity index (χ0n) is 45.2. The van der Waals surface area contributed by atoms with Gasteiger partial charge in [-0.05, 0) is 78.3 Å². The predicted molar refractivity (Wildman–Crippen MR) is 304 cm³/mol. The lowest BCUT2D eigenvalue weighted by Gasteiger charge is -2.37. The molecule has 5 amide bonds. The number of ether oxygens (including phenoxy) is 2. The first kappa shape index (κ1) is 60.3. The van der Waals surface area contributed by atoms with Gasteiger partial charge in [0.05, 0.1) is 12.2 Å². The average molecular weight is 1120 g/mol. The molecule has 1 aliphatic carbocycles. The average Bonchev–Trinajstić information content (AvgIpc) is 4.11. The number of H-pyrrole nitrogens is 1. The fourth-order valence-electron chi connectivity index (χ4n) is 9.07. The summed E-state index contributed by atoms with van der Waals surface area (Å²) in [5.41, 5.74) is 10.5. The zero-order valence-corrected chi connectivity index (χ0v) is 47.7. The molecule has 0 bridgehead atoms. The number of thiazole rings is 1. The van der Waals surface area contributed by atoms with Gasteiger partial charge >= 0.3 is 0 Å². The summed E-state index contributed by atoms with van der Waals surface area (Å²) in [5.74, 6) is 1.04. The molecule has 3 aromatic heterocycles. The van der Waals surface area contributed by atoms with Crippen molar-refractivity contribution in [2.45, 2.75) is 143 Å². The maximum atomic E-state index is 13.9. The molecule has 22 heteroatoms. The third-order valence-corrected chi connectivity index (χ3v) is 16.7. The normalized spacial score (nSPS) is 15.3. The summed E-state index contributed by atoms with van der Waals surface area (Å²) in [7, 11) is 3.18. The molecular weight excluding hydrogens is 1040 g/mol. The fraction of sp³-hybridized carbons (Fsp3) is 0.545. The molecule has 0 fully saturated rings. The van der Waals surface area contributed by atoms with Crippen molar-refractivity contribution < 1.29 is 38.6 Å². The van der Waals surface area contributed by atoms with Crippen molar-refractivity contribution in [3.05, 3.63) is 87.1 Å². The van der Waals surface area contributed by atoms with E-state index in [0.717, 1.165) is 41.5 Å². The highest BCUT2D eigenvalue weighted by molar-refractivity contribution is 8.76. The van der Waals surface area contributed by atoms with Gasteiger partial charge in [-0.15, -0.1) is 11.3 Å². The van der Waals surface area contributed by atoms with Gasteiger partial charge in [-0.25, -0.2) is 9.97 Å². The van der Waals surface area contributed by atoms with Crippen molar-refractivity contribution in [3.63, 3.8) is 0 Å². The highest BCUT2D eigenvalue weighted by Gasteiger charge is 2.35. The predicted octanol–water partition coefficient (Wildman–Crippen LogP) is 8.16. The number of nitrogens with one attached hydrogen (secondary N) is 5. The Morgan fingerprint density at radius 2 is 1.65 bits per heavy atom. The lowest BCUT2D eigenvalue weighted by molar-refractivity contribution is -0.136. The molecular formula is C55H77N11O8S3.